The molecule has 0 aliphatic heterocycles. The second-order valence-electron chi connectivity index (χ2n) is 2.56. The molecule has 0 aromatic heterocycles. The Balaban J connectivity index is 2.83. The van der Waals surface area contributed by atoms with Gasteiger partial charge >= 0.3 is 18.2 Å². The molecule has 0 saturated heterocycles. The van der Waals surface area contributed by atoms with Gasteiger partial charge in [0.1, 0.15) is 0 Å². The van der Waals surface area contributed by atoms with Crippen LogP contribution in [0.3, 0.4) is 0 Å². The minimum absolute atomic E-state index is 0.00250. The molecule has 0 aliphatic carbocycles. The average molecular weight is 223 g/mol. The molecule has 0 nitrogen and oxygen atoms in total. The lowest BCUT2D eigenvalue weighted by molar-refractivity contribution is 1.10. The molecule has 1 aromatic carbocycles. The molecule has 2 heteroatoms. The van der Waals surface area contributed by atoms with Crippen LogP contribution < -0.4 is 0 Å². The predicted octanol–water partition coefficient (Wildman–Crippen LogP) is 2.76. The normalized spacial score (nSPS) is 9.27. The van der Waals surface area contributed by atoms with Crippen molar-refractivity contribution in [2.45, 2.75) is 17.9 Å². The van der Waals surface area contributed by atoms with Crippen LogP contribution in [0.2, 0.25) is 0 Å². The van der Waals surface area contributed by atoms with Gasteiger partial charge in [-0.3, -0.25) is 0 Å². The lowest BCUT2D eigenvalue weighted by atomic mass is 10.1. The van der Waals surface area contributed by atoms with Gasteiger partial charge in [0, 0.05) is 0 Å². The topological polar surface area (TPSA) is 0 Å². The number of halogens is 1. The van der Waals surface area contributed by atoms with Crippen molar-refractivity contribution in [1.82, 2.24) is 0 Å². The van der Waals surface area contributed by atoms with Crippen molar-refractivity contribution in [2.75, 3.05) is 0 Å². The maximum atomic E-state index is 3.59. The van der Waals surface area contributed by atoms with Crippen molar-refractivity contribution >= 4 is 31.1 Å². The quantitative estimate of drug-likeness (QED) is 0.691. The molecule has 1 rings (SSSR count). The molecule has 0 atom stereocenters. The van der Waals surface area contributed by atoms with Gasteiger partial charge in [0.25, 0.3) is 0 Å². The predicted molar refractivity (Wildman–Crippen MR) is 54.2 cm³/mol. The van der Waals surface area contributed by atoms with Gasteiger partial charge in [0.15, 0.2) is 0 Å². The van der Waals surface area contributed by atoms with Crippen LogP contribution in [-0.2, 0) is 11.0 Å². The highest BCUT2D eigenvalue weighted by atomic mass is 79.9. The molecule has 11 heavy (non-hydrogen) atoms. The van der Waals surface area contributed by atoms with Crippen molar-refractivity contribution in [3.05, 3.63) is 35.4 Å². The SMILES string of the molecule is CCc1ccccc1[CH2][Mg][Br]. The Morgan fingerprint density at radius 1 is 1.27 bits per heavy atom. The van der Waals surface area contributed by atoms with Crippen LogP contribution in [0.4, 0.5) is 0 Å². The summed E-state index contributed by atoms with van der Waals surface area (Å²) >= 11 is 3.59. The Hall–Kier alpha value is 0.466. The van der Waals surface area contributed by atoms with Gasteiger partial charge in [-0.15, -0.1) is 4.55 Å². The Bertz CT molecular complexity index is 223. The van der Waals surface area contributed by atoms with Gasteiger partial charge < -0.3 is 12.9 Å². The van der Waals surface area contributed by atoms with Gasteiger partial charge in [0.2, 0.25) is 0 Å². The number of rotatable bonds is 3. The van der Waals surface area contributed by atoms with Gasteiger partial charge in [-0.2, -0.15) is 0 Å². The highest BCUT2D eigenvalue weighted by Gasteiger charge is 1.98. The summed E-state index contributed by atoms with van der Waals surface area (Å²) in [5.41, 5.74) is 3.05. The Morgan fingerprint density at radius 3 is 2.45 bits per heavy atom. The van der Waals surface area contributed by atoms with E-state index >= 15 is 0 Å². The van der Waals surface area contributed by atoms with Crippen LogP contribution in [0.15, 0.2) is 24.3 Å². The summed E-state index contributed by atoms with van der Waals surface area (Å²) in [7, 11) is 0. The first-order valence-electron chi connectivity index (χ1n) is 4.01. The van der Waals surface area contributed by atoms with Crippen molar-refractivity contribution in [3.8, 4) is 0 Å². The van der Waals surface area contributed by atoms with Crippen molar-refractivity contribution in [3.63, 3.8) is 0 Å². The lowest BCUT2D eigenvalue weighted by Gasteiger charge is -2.04. The highest BCUT2D eigenvalue weighted by Crippen LogP contribution is 2.09. The molecule has 0 bridgehead atoms. The van der Waals surface area contributed by atoms with Gasteiger partial charge in [-0.25, -0.2) is 0 Å². The summed E-state index contributed by atoms with van der Waals surface area (Å²) in [5.74, 6) is 0. The molecular weight excluding hydrogens is 212 g/mol. The summed E-state index contributed by atoms with van der Waals surface area (Å²) in [4.78, 5) is 0. The summed E-state index contributed by atoms with van der Waals surface area (Å²) in [6.07, 6.45) is 1.16. The van der Waals surface area contributed by atoms with Crippen LogP contribution in [0.1, 0.15) is 18.1 Å². The monoisotopic (exact) mass is 222 g/mol. The largest absolute Gasteiger partial charge is 0.473 e. The van der Waals surface area contributed by atoms with E-state index in [4.69, 9.17) is 0 Å². The summed E-state index contributed by atoms with van der Waals surface area (Å²) < 4.78 is 1.28. The fourth-order valence-electron chi connectivity index (χ4n) is 1.25. The van der Waals surface area contributed by atoms with Gasteiger partial charge in [0.05, 0.1) is 0 Å². The summed E-state index contributed by atoms with van der Waals surface area (Å²) in [6, 6.07) is 8.73. The number of benzene rings is 1. The maximum Gasteiger partial charge on any atom is 0.473 e. The van der Waals surface area contributed by atoms with E-state index in [1.807, 2.05) is 0 Å². The zero-order valence-corrected chi connectivity index (χ0v) is 9.81. The van der Waals surface area contributed by atoms with E-state index in [1.165, 1.54) is 10.1 Å². The Labute approximate surface area is 84.0 Å². The first-order chi connectivity index (χ1) is 5.38. The molecule has 0 saturated carbocycles. The van der Waals surface area contributed by atoms with E-state index in [2.05, 4.69) is 44.1 Å². The van der Waals surface area contributed by atoms with Crippen LogP contribution in [-0.4, -0.2) is 18.2 Å². The molecule has 0 radical (unpaired) electrons. The third kappa shape index (κ3) is 2.77. The molecule has 1 aromatic rings. The zero-order chi connectivity index (χ0) is 8.10. The first-order valence-corrected chi connectivity index (χ1v) is 8.91. The van der Waals surface area contributed by atoms with E-state index in [-0.39, 0.29) is 18.2 Å². The number of hydrogen-bond acceptors (Lipinski definition) is 0. The number of hydrogen-bond donors (Lipinski definition) is 0. The molecule has 56 valence electrons. The van der Waals surface area contributed by atoms with E-state index in [0.29, 0.717) is 0 Å². The molecule has 0 spiro atoms. The van der Waals surface area contributed by atoms with Crippen LogP contribution >= 0.6 is 12.9 Å². The van der Waals surface area contributed by atoms with E-state index < -0.39 is 0 Å². The Morgan fingerprint density at radius 2 is 1.91 bits per heavy atom. The smallest absolute Gasteiger partial charge is 0.306 e. The standard InChI is InChI=1S/C9H11.BrH.Mg/c1-3-9-7-5-4-6-8(9)2;;/h4-7H,2-3H2,1H3;1H;/q;;+1/p-1. The van der Waals surface area contributed by atoms with E-state index in [1.54, 1.807) is 5.56 Å². The van der Waals surface area contributed by atoms with Crippen molar-refractivity contribution in [2.24, 2.45) is 0 Å². The highest BCUT2D eigenvalue weighted by molar-refractivity contribution is 9.23. The van der Waals surface area contributed by atoms with E-state index in [0.717, 1.165) is 6.42 Å². The average Bonchev–Trinajstić information content (AvgIpc) is 2.06. The minimum atomic E-state index is -0.00250. The molecule has 0 amide bonds. The third-order valence-corrected chi connectivity index (χ3v) is 3.78. The van der Waals surface area contributed by atoms with Gasteiger partial charge in [-0.05, 0) is 12.0 Å². The number of aryl methyl sites for hydroxylation is 1. The molecular formula is C9H11BrMg. The van der Waals surface area contributed by atoms with Crippen LogP contribution in [0, 0.1) is 0 Å². The second-order valence-corrected chi connectivity index (χ2v) is 5.82. The fraction of sp³-hybridized carbons (Fsp3) is 0.333. The first kappa shape index (κ1) is 9.55. The summed E-state index contributed by atoms with van der Waals surface area (Å²) in [6.45, 7) is 2.22. The lowest BCUT2D eigenvalue weighted by Crippen LogP contribution is -1.94. The Kier molecular flexibility index (Phi) is 4.49. The molecule has 0 N–H and O–H groups in total. The zero-order valence-electron chi connectivity index (χ0n) is 6.81. The van der Waals surface area contributed by atoms with Gasteiger partial charge in [-0.1, -0.05) is 36.8 Å². The van der Waals surface area contributed by atoms with Crippen LogP contribution in [0.5, 0.6) is 0 Å². The maximum absolute atomic E-state index is 3.59. The molecule has 0 fully saturated rings. The minimum Gasteiger partial charge on any atom is -0.306 e. The van der Waals surface area contributed by atoms with Crippen molar-refractivity contribution < 1.29 is 0 Å². The van der Waals surface area contributed by atoms with E-state index in [9.17, 15) is 0 Å². The summed E-state index contributed by atoms with van der Waals surface area (Å²) in [5, 5.41) is 0. The van der Waals surface area contributed by atoms with Crippen LogP contribution in [0.25, 0.3) is 0 Å². The molecule has 0 unspecified atom stereocenters. The van der Waals surface area contributed by atoms with Crippen molar-refractivity contribution in [1.29, 1.82) is 0 Å². The third-order valence-electron chi connectivity index (χ3n) is 1.86. The molecule has 0 aliphatic rings. The molecule has 0 heterocycles. The second kappa shape index (κ2) is 5.17. The fourth-order valence-corrected chi connectivity index (χ4v) is 3.22.